The number of quaternary nitrogens is 1. The third-order valence-electron chi connectivity index (χ3n) is 4.95. The van der Waals surface area contributed by atoms with Crippen molar-refractivity contribution in [2.75, 3.05) is 26.2 Å². The molecule has 0 saturated carbocycles. The van der Waals surface area contributed by atoms with Crippen molar-refractivity contribution < 1.29 is 10.0 Å². The van der Waals surface area contributed by atoms with Gasteiger partial charge in [0, 0.05) is 0 Å². The van der Waals surface area contributed by atoms with Crippen LogP contribution in [0.3, 0.4) is 0 Å². The molecule has 0 aromatic rings. The van der Waals surface area contributed by atoms with E-state index in [1.54, 1.807) is 4.90 Å². The molecule has 1 unspecified atom stereocenters. The first kappa shape index (κ1) is 22.9. The van der Waals surface area contributed by atoms with Crippen LogP contribution in [0.2, 0.25) is 0 Å². The highest BCUT2D eigenvalue weighted by Gasteiger charge is 2.05. The lowest BCUT2D eigenvalue weighted by atomic mass is 10.0. The Labute approximate surface area is 147 Å². The van der Waals surface area contributed by atoms with Gasteiger partial charge >= 0.3 is 0 Å². The molecule has 0 fully saturated rings. The van der Waals surface area contributed by atoms with Crippen molar-refractivity contribution in [2.45, 2.75) is 110 Å². The van der Waals surface area contributed by atoms with Crippen molar-refractivity contribution in [3.05, 3.63) is 0 Å². The minimum atomic E-state index is 0.341. The van der Waals surface area contributed by atoms with E-state index in [-0.39, 0.29) is 0 Å². The molecule has 23 heavy (non-hydrogen) atoms. The van der Waals surface area contributed by atoms with E-state index in [0.717, 1.165) is 6.54 Å². The van der Waals surface area contributed by atoms with Crippen LogP contribution in [0.1, 0.15) is 110 Å². The van der Waals surface area contributed by atoms with Gasteiger partial charge in [-0.2, -0.15) is 0 Å². The number of nitrogens with one attached hydrogen (secondary N) is 1. The highest BCUT2D eigenvalue weighted by atomic mass is 16.3. The molecule has 2 heteroatoms. The molecule has 140 valence electrons. The summed E-state index contributed by atoms with van der Waals surface area (Å²) in [7, 11) is 0. The number of hydrogen-bond acceptors (Lipinski definition) is 1. The zero-order valence-electron chi connectivity index (χ0n) is 16.4. The summed E-state index contributed by atoms with van der Waals surface area (Å²) >= 11 is 0. The van der Waals surface area contributed by atoms with E-state index in [0.29, 0.717) is 6.61 Å². The van der Waals surface area contributed by atoms with Gasteiger partial charge in [0.1, 0.15) is 6.54 Å². The maximum atomic E-state index is 9.06. The summed E-state index contributed by atoms with van der Waals surface area (Å²) in [6.45, 7) is 8.28. The van der Waals surface area contributed by atoms with Crippen LogP contribution < -0.4 is 4.90 Å². The average molecular weight is 329 g/mol. The van der Waals surface area contributed by atoms with E-state index in [4.69, 9.17) is 5.11 Å². The summed E-state index contributed by atoms with van der Waals surface area (Å²) in [5.41, 5.74) is 0. The third kappa shape index (κ3) is 18.1. The van der Waals surface area contributed by atoms with Crippen LogP contribution in [0.5, 0.6) is 0 Å². The summed E-state index contributed by atoms with van der Waals surface area (Å²) in [5, 5.41) is 9.06. The Morgan fingerprint density at radius 2 is 0.913 bits per heavy atom. The lowest BCUT2D eigenvalue weighted by Gasteiger charge is -2.17. The molecule has 0 spiro atoms. The summed E-state index contributed by atoms with van der Waals surface area (Å²) in [6.07, 6.45) is 21.2. The second-order valence-corrected chi connectivity index (χ2v) is 7.32. The monoisotopic (exact) mass is 328 g/mol. The second-order valence-electron chi connectivity index (χ2n) is 7.32. The molecule has 0 heterocycles. The van der Waals surface area contributed by atoms with Crippen LogP contribution in [-0.4, -0.2) is 31.3 Å². The molecule has 0 saturated heterocycles. The quantitative estimate of drug-likeness (QED) is 0.328. The highest BCUT2D eigenvalue weighted by molar-refractivity contribution is 4.49. The van der Waals surface area contributed by atoms with E-state index < -0.39 is 0 Å². The predicted octanol–water partition coefficient (Wildman–Crippen LogP) is 4.75. The Morgan fingerprint density at radius 1 is 0.478 bits per heavy atom. The van der Waals surface area contributed by atoms with Gasteiger partial charge < -0.3 is 10.0 Å². The van der Waals surface area contributed by atoms with Gasteiger partial charge in [-0.15, -0.1) is 0 Å². The zero-order valence-corrected chi connectivity index (χ0v) is 16.4. The third-order valence-corrected chi connectivity index (χ3v) is 4.95. The van der Waals surface area contributed by atoms with E-state index >= 15 is 0 Å². The Balaban J connectivity index is 3.15. The largest absolute Gasteiger partial charge is 0.391 e. The first-order chi connectivity index (χ1) is 11.3. The molecule has 2 N–H and O–H groups in total. The second kappa shape index (κ2) is 20.0. The molecular weight excluding hydrogens is 282 g/mol. The standard InChI is InChI=1S/C21H45NO/c1-3-5-6-7-8-9-10-11-12-13-14-15-16-17-19-22(18-4-2)20-21-23/h23H,3-21H2,1-2H3/p+1. The smallest absolute Gasteiger partial charge is 0.101 e. The Kier molecular flexibility index (Phi) is 19.9. The average Bonchev–Trinajstić information content (AvgIpc) is 2.55. The van der Waals surface area contributed by atoms with Crippen LogP contribution in [0.25, 0.3) is 0 Å². The summed E-state index contributed by atoms with van der Waals surface area (Å²) in [6, 6.07) is 0. The molecule has 0 aromatic carbocycles. The van der Waals surface area contributed by atoms with Crippen molar-refractivity contribution in [1.82, 2.24) is 0 Å². The first-order valence-corrected chi connectivity index (χ1v) is 10.8. The van der Waals surface area contributed by atoms with Crippen LogP contribution in [-0.2, 0) is 0 Å². The first-order valence-electron chi connectivity index (χ1n) is 10.8. The van der Waals surface area contributed by atoms with Gasteiger partial charge in [-0.25, -0.2) is 0 Å². The fraction of sp³-hybridized carbons (Fsp3) is 1.00. The molecule has 0 aromatic heterocycles. The number of unbranched alkanes of at least 4 members (excludes halogenated alkanes) is 13. The van der Waals surface area contributed by atoms with Gasteiger partial charge in [0.05, 0.1) is 19.7 Å². The van der Waals surface area contributed by atoms with Crippen molar-refractivity contribution in [2.24, 2.45) is 0 Å². The molecule has 0 bridgehead atoms. The van der Waals surface area contributed by atoms with E-state index in [1.807, 2.05) is 0 Å². The lowest BCUT2D eigenvalue weighted by molar-refractivity contribution is -0.900. The van der Waals surface area contributed by atoms with Gasteiger partial charge in [-0.3, -0.25) is 0 Å². The van der Waals surface area contributed by atoms with E-state index in [1.165, 1.54) is 109 Å². The number of hydrogen-bond donors (Lipinski definition) is 2. The topological polar surface area (TPSA) is 24.7 Å². The van der Waals surface area contributed by atoms with Crippen molar-refractivity contribution in [3.63, 3.8) is 0 Å². The molecule has 0 rings (SSSR count). The minimum absolute atomic E-state index is 0.341. The normalized spacial score (nSPS) is 12.7. The molecular formula is C21H46NO+. The van der Waals surface area contributed by atoms with Crippen molar-refractivity contribution >= 4 is 0 Å². The summed E-state index contributed by atoms with van der Waals surface area (Å²) < 4.78 is 0. The zero-order chi connectivity index (χ0) is 17.0. The van der Waals surface area contributed by atoms with Gasteiger partial charge in [-0.1, -0.05) is 90.9 Å². The van der Waals surface area contributed by atoms with Crippen LogP contribution >= 0.6 is 0 Å². The number of aliphatic hydroxyl groups excluding tert-OH is 1. The fourth-order valence-corrected chi connectivity index (χ4v) is 3.46. The maximum absolute atomic E-state index is 9.06. The van der Waals surface area contributed by atoms with Crippen molar-refractivity contribution in [3.8, 4) is 0 Å². The SMILES string of the molecule is CCCCCCCCCCCCCCCC[NH+](CCC)CCO. The van der Waals surface area contributed by atoms with Gasteiger partial charge in [0.2, 0.25) is 0 Å². The number of rotatable bonds is 19. The Hall–Kier alpha value is -0.0800. The molecule has 0 amide bonds. The van der Waals surface area contributed by atoms with Crippen LogP contribution in [0, 0.1) is 0 Å². The van der Waals surface area contributed by atoms with Crippen LogP contribution in [0.15, 0.2) is 0 Å². The molecule has 2 nitrogen and oxygen atoms in total. The van der Waals surface area contributed by atoms with Gasteiger partial charge in [-0.05, 0) is 19.3 Å². The molecule has 1 atom stereocenters. The van der Waals surface area contributed by atoms with Crippen molar-refractivity contribution in [1.29, 1.82) is 0 Å². The van der Waals surface area contributed by atoms with Crippen LogP contribution in [0.4, 0.5) is 0 Å². The van der Waals surface area contributed by atoms with Gasteiger partial charge in [0.25, 0.3) is 0 Å². The Bertz CT molecular complexity index is 202. The predicted molar refractivity (Wildman–Crippen MR) is 103 cm³/mol. The highest BCUT2D eigenvalue weighted by Crippen LogP contribution is 2.12. The Morgan fingerprint density at radius 3 is 1.30 bits per heavy atom. The fourth-order valence-electron chi connectivity index (χ4n) is 3.46. The van der Waals surface area contributed by atoms with E-state index in [9.17, 15) is 0 Å². The lowest BCUT2D eigenvalue weighted by Crippen LogP contribution is -3.12. The number of aliphatic hydroxyl groups is 1. The molecule has 0 aliphatic heterocycles. The molecule has 0 radical (unpaired) electrons. The summed E-state index contributed by atoms with van der Waals surface area (Å²) in [5.74, 6) is 0. The maximum Gasteiger partial charge on any atom is 0.101 e. The van der Waals surface area contributed by atoms with Gasteiger partial charge in [0.15, 0.2) is 0 Å². The molecule has 0 aliphatic carbocycles. The minimum Gasteiger partial charge on any atom is -0.391 e. The molecule has 0 aliphatic rings. The van der Waals surface area contributed by atoms with E-state index in [2.05, 4.69) is 13.8 Å². The summed E-state index contributed by atoms with van der Waals surface area (Å²) in [4.78, 5) is 1.59.